The zero-order valence-corrected chi connectivity index (χ0v) is 45.3. The molecule has 342 valence electrons. The summed E-state index contributed by atoms with van der Waals surface area (Å²) in [6.07, 6.45) is 0. The Morgan fingerprint density at radius 3 is 1.12 bits per heavy atom. The molecule has 0 fully saturated rings. The van der Waals surface area contributed by atoms with Gasteiger partial charge in [-0.15, -0.1) is 0 Å². The van der Waals surface area contributed by atoms with Gasteiger partial charge in [0, 0.05) is 24.3 Å². The second-order valence-electron chi connectivity index (χ2n) is 19.2. The van der Waals surface area contributed by atoms with Crippen molar-refractivity contribution in [3.63, 3.8) is 0 Å². The Morgan fingerprint density at radius 2 is 0.875 bits per heavy atom. The molecule has 12 heteroatoms. The number of ether oxygens (including phenoxy) is 1. The SMILES string of the molecule is CC(C)(C)c1ccc(C(C)(C)C)c(N=C(c2ccccc2)c2cccc(C(=Nc3cc(C(C)(C)C)ccc3C(C)(C)C)c3ccccc3)n2)c1.CCOCC.O=S(=O)([O-])C(F)(F)F.[Tl+]. The first kappa shape index (κ1) is 56.1. The van der Waals surface area contributed by atoms with Crippen LogP contribution in [0.2, 0.25) is 0 Å². The van der Waals surface area contributed by atoms with Crippen molar-refractivity contribution in [3.8, 4) is 0 Å². The predicted molar refractivity (Wildman–Crippen MR) is 259 cm³/mol. The predicted octanol–water partition coefficient (Wildman–Crippen LogP) is 13.3. The van der Waals surface area contributed by atoms with Crippen LogP contribution in [0.3, 0.4) is 0 Å². The molecule has 0 atom stereocenters. The van der Waals surface area contributed by atoms with Crippen LogP contribution < -0.4 is 0 Å². The van der Waals surface area contributed by atoms with Crippen molar-refractivity contribution in [1.29, 1.82) is 0 Å². The normalized spacial score (nSPS) is 12.9. The van der Waals surface area contributed by atoms with Gasteiger partial charge in [-0.2, -0.15) is 13.2 Å². The third-order valence-electron chi connectivity index (χ3n) is 9.83. The average Bonchev–Trinajstić information content (AvgIpc) is 3.18. The van der Waals surface area contributed by atoms with Crippen LogP contribution >= 0.6 is 0 Å². The maximum atomic E-state index is 10.7. The van der Waals surface area contributed by atoms with Gasteiger partial charge in [-0.3, -0.25) is 0 Å². The minimum atomic E-state index is -6.09. The Hall–Kier alpha value is -4.05. The van der Waals surface area contributed by atoms with Gasteiger partial charge in [0.15, 0.2) is 10.1 Å². The van der Waals surface area contributed by atoms with Crippen LogP contribution in [0.4, 0.5) is 24.5 Å². The fraction of sp³-hybridized carbons (Fsp3) is 0.404. The van der Waals surface area contributed by atoms with Crippen LogP contribution in [0, 0.1) is 0 Å². The maximum Gasteiger partial charge on any atom is 1.00 e. The van der Waals surface area contributed by atoms with Crippen LogP contribution in [0.25, 0.3) is 0 Å². The third-order valence-corrected chi connectivity index (χ3v) is 10.4. The van der Waals surface area contributed by atoms with Crippen molar-refractivity contribution in [2.75, 3.05) is 13.2 Å². The van der Waals surface area contributed by atoms with Crippen LogP contribution in [0.1, 0.15) is 142 Å². The van der Waals surface area contributed by atoms with E-state index in [4.69, 9.17) is 32.7 Å². The van der Waals surface area contributed by atoms with Crippen molar-refractivity contribution in [1.82, 2.24) is 4.98 Å². The van der Waals surface area contributed by atoms with E-state index in [1.807, 2.05) is 26.0 Å². The Bertz CT molecular complexity index is 2300. The maximum absolute atomic E-state index is 10.7. The molecular weight excluding hydrogens is 1020 g/mol. The van der Waals surface area contributed by atoms with E-state index in [0.29, 0.717) is 0 Å². The van der Waals surface area contributed by atoms with Crippen LogP contribution in [-0.4, -0.2) is 75.4 Å². The molecule has 5 aromatic rings. The zero-order valence-electron chi connectivity index (χ0n) is 40.0. The Morgan fingerprint density at radius 1 is 0.547 bits per heavy atom. The van der Waals surface area contributed by atoms with Gasteiger partial charge in [-0.25, -0.2) is 23.4 Å². The summed E-state index contributed by atoms with van der Waals surface area (Å²) in [5.74, 6) is 0. The number of hydrogen-bond donors (Lipinski definition) is 0. The number of aromatic nitrogens is 1. The standard InChI is InChI=1S/C47H55N3.C4H10O.CHF3O3S.Tl/c1-44(2,3)34-26-28-36(46(7,8)9)40(30-34)49-42(32-20-15-13-16-21-32)38-24-19-25-39(48-38)43(33-22-17-14-18-23-33)50-41-31-35(45(4,5)6)27-29-37(41)47(10,11)12;1-3-5-4-2;2-1(3,4)8(5,6)7;/h13-31H,1-12H3;3-4H2,1-2H3;(H,5,6,7);/q;;;+1/p-1. The second-order valence-corrected chi connectivity index (χ2v) is 20.6. The molecule has 0 radical (unpaired) electrons. The smallest absolute Gasteiger partial charge is 0.741 e. The van der Waals surface area contributed by atoms with Crippen molar-refractivity contribution in [2.45, 2.75) is 124 Å². The molecule has 0 amide bonds. The molecule has 7 nitrogen and oxygen atoms in total. The molecule has 0 saturated carbocycles. The molecule has 1 heterocycles. The Kier molecular flexibility index (Phi) is 20.1. The molecule has 0 aliphatic carbocycles. The molecule has 1 aromatic heterocycles. The van der Waals surface area contributed by atoms with Gasteiger partial charge in [0.05, 0.1) is 34.2 Å². The van der Waals surface area contributed by atoms with E-state index in [2.05, 4.69) is 186 Å². The zero-order chi connectivity index (χ0) is 47.6. The number of rotatable bonds is 8. The van der Waals surface area contributed by atoms with E-state index in [-0.39, 0.29) is 49.0 Å². The van der Waals surface area contributed by atoms with Crippen molar-refractivity contribution in [3.05, 3.63) is 160 Å². The third kappa shape index (κ3) is 16.4. The molecule has 0 aliphatic rings. The van der Waals surface area contributed by atoms with Gasteiger partial charge in [-0.05, 0) is 82.0 Å². The van der Waals surface area contributed by atoms with Gasteiger partial charge >= 0.3 is 32.8 Å². The first-order valence-electron chi connectivity index (χ1n) is 21.1. The number of nitrogens with zero attached hydrogens (tertiary/aromatic N) is 3. The summed E-state index contributed by atoms with van der Waals surface area (Å²) in [5.41, 5.74) is 6.32. The first-order valence-corrected chi connectivity index (χ1v) is 22.6. The van der Waals surface area contributed by atoms with Crippen molar-refractivity contribution in [2.24, 2.45) is 9.98 Å². The summed E-state index contributed by atoms with van der Waals surface area (Å²) in [6, 6.07) is 40.6. The molecule has 0 aliphatic heterocycles. The summed E-state index contributed by atoms with van der Waals surface area (Å²) in [7, 11) is -6.09. The Balaban J connectivity index is 0.000000877. The van der Waals surface area contributed by atoms with E-state index in [0.717, 1.165) is 58.5 Å². The van der Waals surface area contributed by atoms with Gasteiger partial charge in [0.1, 0.15) is 0 Å². The van der Waals surface area contributed by atoms with Crippen LogP contribution in [0.15, 0.2) is 125 Å². The monoisotopic (exact) mass is 1090 g/mol. The van der Waals surface area contributed by atoms with Gasteiger partial charge in [0.2, 0.25) is 0 Å². The second kappa shape index (κ2) is 22.9. The molecule has 64 heavy (non-hydrogen) atoms. The number of hydrogen-bond acceptors (Lipinski definition) is 7. The van der Waals surface area contributed by atoms with Gasteiger partial charge < -0.3 is 9.29 Å². The van der Waals surface area contributed by atoms with E-state index in [1.54, 1.807) is 0 Å². The number of halogens is 3. The number of pyridine rings is 1. The molecule has 0 bridgehead atoms. The first-order chi connectivity index (χ1) is 29.0. The van der Waals surface area contributed by atoms with Crippen LogP contribution in [-0.2, 0) is 36.5 Å². The average molecular weight is 1090 g/mol. The summed E-state index contributed by atoms with van der Waals surface area (Å²) in [4.78, 5) is 16.4. The summed E-state index contributed by atoms with van der Waals surface area (Å²) in [6.45, 7) is 32.7. The number of aliphatic imine (C=N–C) groups is 2. The minimum Gasteiger partial charge on any atom is -0.741 e. The minimum absolute atomic E-state index is 0. The molecule has 4 aromatic carbocycles. The fourth-order valence-electron chi connectivity index (χ4n) is 6.32. The number of benzene rings is 4. The van der Waals surface area contributed by atoms with Crippen LogP contribution in [0.5, 0.6) is 0 Å². The largest absolute Gasteiger partial charge is 1.00 e. The quantitative estimate of drug-likeness (QED) is 0.0666. The van der Waals surface area contributed by atoms with E-state index in [1.165, 1.54) is 22.3 Å². The summed E-state index contributed by atoms with van der Waals surface area (Å²) < 4.78 is 63.7. The van der Waals surface area contributed by atoms with E-state index >= 15 is 0 Å². The van der Waals surface area contributed by atoms with E-state index < -0.39 is 15.6 Å². The summed E-state index contributed by atoms with van der Waals surface area (Å²) in [5, 5.41) is 0. The molecule has 0 unspecified atom stereocenters. The molecule has 0 spiro atoms. The van der Waals surface area contributed by atoms with Gasteiger partial charge in [-0.1, -0.05) is 174 Å². The Labute approximate surface area is 401 Å². The van der Waals surface area contributed by atoms with Crippen molar-refractivity contribution < 1.29 is 30.9 Å². The van der Waals surface area contributed by atoms with Gasteiger partial charge in [0.25, 0.3) is 0 Å². The molecule has 0 N–H and O–H groups in total. The summed E-state index contributed by atoms with van der Waals surface area (Å²) >= 11 is 0. The van der Waals surface area contributed by atoms with E-state index in [9.17, 15) is 13.2 Å². The molecule has 5 rings (SSSR count). The number of alkyl halides is 3. The van der Waals surface area contributed by atoms with Crippen molar-refractivity contribution >= 4 is 60.2 Å². The topological polar surface area (TPSA) is 104 Å². The molecular formula is C52H65F3N3O4STl. The fourth-order valence-corrected chi connectivity index (χ4v) is 6.32. The molecule has 0 saturated heterocycles.